The number of ether oxygens (including phenoxy) is 2. The van der Waals surface area contributed by atoms with Crippen LogP contribution in [0.3, 0.4) is 0 Å². The first-order chi connectivity index (χ1) is 7.33. The summed E-state index contributed by atoms with van der Waals surface area (Å²) in [6.07, 6.45) is 0.736. The number of aldehydes is 1. The van der Waals surface area contributed by atoms with E-state index in [1.807, 2.05) is 12.1 Å². The molecular formula is C12H16O3. The number of rotatable bonds is 7. The van der Waals surface area contributed by atoms with Crippen LogP contribution in [0.25, 0.3) is 0 Å². The summed E-state index contributed by atoms with van der Waals surface area (Å²) in [6, 6.07) is 8.20. The standard InChI is InChI=1S/C12H16O3/c1-11-2-4-12(5-3-11)10-15-9-8-14-7-6-13/h2-6H,7-10H2,1H3. The Labute approximate surface area is 90.0 Å². The monoisotopic (exact) mass is 208 g/mol. The van der Waals surface area contributed by atoms with E-state index < -0.39 is 0 Å². The molecule has 0 aromatic heterocycles. The molecule has 0 atom stereocenters. The summed E-state index contributed by atoms with van der Waals surface area (Å²) in [7, 11) is 0. The molecule has 0 saturated carbocycles. The fraction of sp³-hybridized carbons (Fsp3) is 0.417. The quantitative estimate of drug-likeness (QED) is 0.505. The van der Waals surface area contributed by atoms with Crippen LogP contribution in [0, 0.1) is 6.92 Å². The molecule has 3 heteroatoms. The van der Waals surface area contributed by atoms with Crippen molar-refractivity contribution in [1.82, 2.24) is 0 Å². The SMILES string of the molecule is Cc1ccc(COCCOCC=O)cc1. The first-order valence-electron chi connectivity index (χ1n) is 4.97. The van der Waals surface area contributed by atoms with Crippen LogP contribution in [0.1, 0.15) is 11.1 Å². The molecule has 82 valence electrons. The van der Waals surface area contributed by atoms with Crippen molar-refractivity contribution in [2.75, 3.05) is 19.8 Å². The molecule has 0 aliphatic carbocycles. The van der Waals surface area contributed by atoms with E-state index >= 15 is 0 Å². The molecule has 0 bridgehead atoms. The van der Waals surface area contributed by atoms with E-state index in [4.69, 9.17) is 9.47 Å². The number of carbonyl (C=O) groups excluding carboxylic acids is 1. The van der Waals surface area contributed by atoms with Crippen molar-refractivity contribution < 1.29 is 14.3 Å². The fourth-order valence-electron chi connectivity index (χ4n) is 1.12. The van der Waals surface area contributed by atoms with Crippen molar-refractivity contribution in [3.05, 3.63) is 35.4 Å². The molecular weight excluding hydrogens is 192 g/mol. The number of carbonyl (C=O) groups is 1. The Morgan fingerprint density at radius 1 is 1.13 bits per heavy atom. The Morgan fingerprint density at radius 2 is 1.80 bits per heavy atom. The fourth-order valence-corrected chi connectivity index (χ4v) is 1.12. The van der Waals surface area contributed by atoms with Gasteiger partial charge in [-0.1, -0.05) is 29.8 Å². The van der Waals surface area contributed by atoms with Crippen LogP contribution in [-0.4, -0.2) is 26.1 Å². The predicted octanol–water partition coefficient (Wildman–Crippen LogP) is 1.73. The van der Waals surface area contributed by atoms with Gasteiger partial charge in [-0.05, 0) is 12.5 Å². The maximum Gasteiger partial charge on any atom is 0.145 e. The summed E-state index contributed by atoms with van der Waals surface area (Å²) in [5.41, 5.74) is 2.39. The summed E-state index contributed by atoms with van der Waals surface area (Å²) < 4.78 is 10.3. The van der Waals surface area contributed by atoms with Crippen molar-refractivity contribution in [2.45, 2.75) is 13.5 Å². The average Bonchev–Trinajstić information content (AvgIpc) is 2.26. The third-order valence-corrected chi connectivity index (χ3v) is 1.95. The van der Waals surface area contributed by atoms with Gasteiger partial charge in [0.1, 0.15) is 12.9 Å². The van der Waals surface area contributed by atoms with E-state index in [1.165, 1.54) is 5.56 Å². The molecule has 0 N–H and O–H groups in total. The van der Waals surface area contributed by atoms with E-state index in [-0.39, 0.29) is 6.61 Å². The highest BCUT2D eigenvalue weighted by Crippen LogP contribution is 2.04. The van der Waals surface area contributed by atoms with E-state index in [0.717, 1.165) is 11.8 Å². The maximum absolute atomic E-state index is 9.93. The van der Waals surface area contributed by atoms with Crippen molar-refractivity contribution in [3.63, 3.8) is 0 Å². The Hall–Kier alpha value is -1.19. The van der Waals surface area contributed by atoms with Crippen LogP contribution < -0.4 is 0 Å². The van der Waals surface area contributed by atoms with Gasteiger partial charge in [-0.25, -0.2) is 0 Å². The third kappa shape index (κ3) is 5.30. The minimum atomic E-state index is 0.147. The van der Waals surface area contributed by atoms with Crippen LogP contribution >= 0.6 is 0 Å². The Bertz CT molecular complexity index is 279. The zero-order valence-corrected chi connectivity index (χ0v) is 8.94. The number of aryl methyl sites for hydroxylation is 1. The molecule has 1 rings (SSSR count). The highest BCUT2D eigenvalue weighted by Gasteiger charge is 1.93. The minimum absolute atomic E-state index is 0.147. The lowest BCUT2D eigenvalue weighted by Crippen LogP contribution is -2.05. The molecule has 1 aromatic carbocycles. The van der Waals surface area contributed by atoms with E-state index in [9.17, 15) is 4.79 Å². The van der Waals surface area contributed by atoms with Gasteiger partial charge >= 0.3 is 0 Å². The molecule has 0 spiro atoms. The summed E-state index contributed by atoms with van der Waals surface area (Å²) in [5, 5.41) is 0. The average molecular weight is 208 g/mol. The second-order valence-electron chi connectivity index (χ2n) is 3.28. The van der Waals surface area contributed by atoms with Gasteiger partial charge in [0.25, 0.3) is 0 Å². The number of hydrogen-bond donors (Lipinski definition) is 0. The Balaban J connectivity index is 2.09. The van der Waals surface area contributed by atoms with Gasteiger partial charge in [0.05, 0.1) is 19.8 Å². The minimum Gasteiger partial charge on any atom is -0.374 e. The van der Waals surface area contributed by atoms with E-state index in [1.54, 1.807) is 0 Å². The molecule has 1 aromatic rings. The highest BCUT2D eigenvalue weighted by molar-refractivity contribution is 5.50. The normalized spacial score (nSPS) is 10.2. The van der Waals surface area contributed by atoms with Crippen LogP contribution in [0.4, 0.5) is 0 Å². The molecule has 0 unspecified atom stereocenters. The Morgan fingerprint density at radius 3 is 2.47 bits per heavy atom. The first kappa shape index (κ1) is 11.9. The second-order valence-corrected chi connectivity index (χ2v) is 3.28. The lowest BCUT2D eigenvalue weighted by atomic mass is 10.2. The summed E-state index contributed by atoms with van der Waals surface area (Å²) in [6.45, 7) is 3.77. The summed E-state index contributed by atoms with van der Waals surface area (Å²) in [5.74, 6) is 0. The maximum atomic E-state index is 9.93. The smallest absolute Gasteiger partial charge is 0.145 e. The highest BCUT2D eigenvalue weighted by atomic mass is 16.5. The molecule has 0 heterocycles. The van der Waals surface area contributed by atoms with E-state index in [0.29, 0.717) is 19.8 Å². The zero-order valence-electron chi connectivity index (χ0n) is 8.94. The van der Waals surface area contributed by atoms with Crippen LogP contribution in [-0.2, 0) is 20.9 Å². The van der Waals surface area contributed by atoms with Gasteiger partial charge in [-0.3, -0.25) is 0 Å². The molecule has 3 nitrogen and oxygen atoms in total. The van der Waals surface area contributed by atoms with Gasteiger partial charge in [0.15, 0.2) is 0 Å². The largest absolute Gasteiger partial charge is 0.374 e. The lowest BCUT2D eigenvalue weighted by molar-refractivity contribution is -0.112. The van der Waals surface area contributed by atoms with Crippen molar-refractivity contribution in [1.29, 1.82) is 0 Å². The molecule has 0 fully saturated rings. The topological polar surface area (TPSA) is 35.5 Å². The predicted molar refractivity (Wildman–Crippen MR) is 57.7 cm³/mol. The third-order valence-electron chi connectivity index (χ3n) is 1.95. The molecule has 0 aliphatic rings. The second kappa shape index (κ2) is 7.15. The number of hydrogen-bond acceptors (Lipinski definition) is 3. The zero-order chi connectivity index (χ0) is 10.9. The van der Waals surface area contributed by atoms with Gasteiger partial charge in [0, 0.05) is 0 Å². The van der Waals surface area contributed by atoms with E-state index in [2.05, 4.69) is 19.1 Å². The van der Waals surface area contributed by atoms with Gasteiger partial charge in [-0.15, -0.1) is 0 Å². The Kier molecular flexibility index (Phi) is 5.66. The number of benzene rings is 1. The molecule has 0 saturated heterocycles. The van der Waals surface area contributed by atoms with Gasteiger partial charge in [0.2, 0.25) is 0 Å². The lowest BCUT2D eigenvalue weighted by Gasteiger charge is -2.04. The van der Waals surface area contributed by atoms with Gasteiger partial charge in [-0.2, -0.15) is 0 Å². The summed E-state index contributed by atoms with van der Waals surface area (Å²) >= 11 is 0. The van der Waals surface area contributed by atoms with Crippen molar-refractivity contribution in [3.8, 4) is 0 Å². The molecule has 0 amide bonds. The van der Waals surface area contributed by atoms with Crippen LogP contribution in [0.5, 0.6) is 0 Å². The molecule has 0 radical (unpaired) electrons. The summed E-state index contributed by atoms with van der Waals surface area (Å²) in [4.78, 5) is 9.93. The van der Waals surface area contributed by atoms with Crippen molar-refractivity contribution >= 4 is 6.29 Å². The van der Waals surface area contributed by atoms with Crippen LogP contribution in [0.2, 0.25) is 0 Å². The van der Waals surface area contributed by atoms with Crippen LogP contribution in [0.15, 0.2) is 24.3 Å². The molecule has 15 heavy (non-hydrogen) atoms. The van der Waals surface area contributed by atoms with Crippen molar-refractivity contribution in [2.24, 2.45) is 0 Å². The first-order valence-corrected chi connectivity index (χ1v) is 4.97. The van der Waals surface area contributed by atoms with Gasteiger partial charge < -0.3 is 14.3 Å². The molecule has 0 aliphatic heterocycles.